The van der Waals surface area contributed by atoms with Crippen LogP contribution in [0.25, 0.3) is 0 Å². The summed E-state index contributed by atoms with van der Waals surface area (Å²) in [6.45, 7) is 5.30. The molecule has 3 rings (SSSR count). The van der Waals surface area contributed by atoms with E-state index < -0.39 is 35.2 Å². The van der Waals surface area contributed by atoms with E-state index in [1.165, 1.54) is 0 Å². The van der Waals surface area contributed by atoms with Gasteiger partial charge in [0.05, 0.1) is 12.3 Å². The number of aromatic amines is 1. The molecule has 1 unspecified atom stereocenters. The summed E-state index contributed by atoms with van der Waals surface area (Å²) in [7, 11) is 0. The number of nitrogens with zero attached hydrogens (tertiary/aromatic N) is 1. The normalized spacial score (nSPS) is 35.2. The average Bonchev–Trinajstić information content (AvgIpc) is 2.80. The zero-order chi connectivity index (χ0) is 14.7. The van der Waals surface area contributed by atoms with Crippen molar-refractivity contribution in [3.8, 4) is 0 Å². The maximum absolute atomic E-state index is 13.4. The van der Waals surface area contributed by atoms with Crippen molar-refractivity contribution in [1.82, 2.24) is 9.55 Å². The van der Waals surface area contributed by atoms with E-state index in [2.05, 4.69) is 0 Å². The molecule has 0 aromatic carbocycles. The molecule has 20 heavy (non-hydrogen) atoms. The molecule has 2 saturated heterocycles. The van der Waals surface area contributed by atoms with Crippen molar-refractivity contribution in [3.63, 3.8) is 0 Å². The lowest BCUT2D eigenvalue weighted by atomic mass is 10.1. The quantitative estimate of drug-likeness (QED) is 0.793. The van der Waals surface area contributed by atoms with Gasteiger partial charge in [0, 0.05) is 0 Å². The monoisotopic (exact) mass is 289 g/mol. The molecule has 2 aliphatic heterocycles. The third kappa shape index (κ3) is 2.00. The van der Waals surface area contributed by atoms with E-state index in [0.29, 0.717) is 0 Å². The molecule has 1 aromatic heterocycles. The van der Waals surface area contributed by atoms with Gasteiger partial charge in [-0.15, -0.1) is 0 Å². The van der Waals surface area contributed by atoms with Crippen LogP contribution in [0, 0.1) is 5.82 Å². The van der Waals surface area contributed by atoms with Crippen LogP contribution in [0.1, 0.15) is 27.0 Å². The Hall–Kier alpha value is -1.51. The van der Waals surface area contributed by atoms with Gasteiger partial charge in [-0.3, -0.25) is 14.3 Å². The van der Waals surface area contributed by atoms with Crippen LogP contribution in [0.5, 0.6) is 0 Å². The molecule has 3 heterocycles. The minimum absolute atomic E-state index is 0.311. The number of hydrogen-bond acceptors (Lipinski definition) is 5. The predicted octanol–water partition coefficient (Wildman–Crippen LogP) is 0.113. The van der Waals surface area contributed by atoms with Crippen molar-refractivity contribution in [2.45, 2.75) is 51.1 Å². The maximum atomic E-state index is 13.4. The van der Waals surface area contributed by atoms with E-state index in [1.807, 2.05) is 4.98 Å². The largest absolute Gasteiger partial charge is 0.349 e. The van der Waals surface area contributed by atoms with Gasteiger partial charge in [0.15, 0.2) is 12.0 Å². The van der Waals surface area contributed by atoms with Crippen LogP contribution < -0.4 is 11.2 Å². The molecule has 0 saturated carbocycles. The van der Waals surface area contributed by atoms with E-state index in [1.54, 1.807) is 20.8 Å². The second-order valence-corrected chi connectivity index (χ2v) is 5.44. The Morgan fingerprint density at radius 2 is 1.95 bits per heavy atom. The van der Waals surface area contributed by atoms with Gasteiger partial charge in [-0.2, -0.15) is 4.39 Å². The zero-order valence-corrected chi connectivity index (χ0v) is 11.3. The molecule has 2 fully saturated rings. The highest BCUT2D eigenvalue weighted by molar-refractivity contribution is 4.98. The topological polar surface area (TPSA) is 82.6 Å². The molecule has 4 atom stereocenters. The molecule has 8 heteroatoms. The first kappa shape index (κ1) is 13.5. The minimum atomic E-state index is -1.06. The summed E-state index contributed by atoms with van der Waals surface area (Å²) in [5.74, 6) is -1.85. The van der Waals surface area contributed by atoms with Crippen molar-refractivity contribution >= 4 is 0 Å². The van der Waals surface area contributed by atoms with Crippen molar-refractivity contribution in [1.29, 1.82) is 0 Å². The standard InChI is InChI=1S/C12H15FN2O5/c1-5-7-8(20-12(2,3)19-7)10(18-5)15-4-6(13)9(16)14-11(15)17/h4-5,7-8,10H,1-3H3,(H,14,16,17)/t5-,7?,8+,10-/m1/s1/i11+1,14+1,15+1. The van der Waals surface area contributed by atoms with Crippen LogP contribution in [-0.2, 0) is 14.2 Å². The van der Waals surface area contributed by atoms with Gasteiger partial charge in [0.25, 0.3) is 5.56 Å². The fourth-order valence-electron chi connectivity index (χ4n) is 2.65. The van der Waals surface area contributed by atoms with E-state index in [4.69, 9.17) is 14.2 Å². The van der Waals surface area contributed by atoms with Gasteiger partial charge in [0.1, 0.15) is 12.2 Å². The third-order valence-corrected chi connectivity index (χ3v) is 3.46. The maximum Gasteiger partial charge on any atom is 0.330 e. The first-order valence-electron chi connectivity index (χ1n) is 6.30. The summed E-state index contributed by atoms with van der Waals surface area (Å²) in [5, 5.41) is 0. The fourth-order valence-corrected chi connectivity index (χ4v) is 2.65. The smallest absolute Gasteiger partial charge is 0.330 e. The molecule has 1 N–H and O–H groups in total. The molecule has 0 radical (unpaired) electrons. The highest BCUT2D eigenvalue weighted by Crippen LogP contribution is 2.42. The van der Waals surface area contributed by atoms with Crippen molar-refractivity contribution < 1.29 is 18.6 Å². The number of halogens is 1. The number of H-pyrrole nitrogens is 1. The minimum Gasteiger partial charge on any atom is -0.349 e. The molecular formula is C12H15FN2O5. The van der Waals surface area contributed by atoms with Crippen LogP contribution in [0.15, 0.2) is 15.8 Å². The Morgan fingerprint density at radius 1 is 1.30 bits per heavy atom. The molecule has 0 spiro atoms. The van der Waals surface area contributed by atoms with E-state index in [9.17, 15) is 14.0 Å². The third-order valence-electron chi connectivity index (χ3n) is 3.46. The summed E-state index contributed by atoms with van der Waals surface area (Å²) >= 11 is 0. The van der Waals surface area contributed by atoms with Gasteiger partial charge in [-0.25, -0.2) is 4.79 Å². The van der Waals surface area contributed by atoms with Crippen LogP contribution in [0.2, 0.25) is 0 Å². The van der Waals surface area contributed by atoms with Crippen LogP contribution in [0.4, 0.5) is 4.39 Å². The van der Waals surface area contributed by atoms with Gasteiger partial charge in [0.2, 0.25) is 5.82 Å². The first-order chi connectivity index (χ1) is 9.28. The Kier molecular flexibility index (Phi) is 2.86. The summed E-state index contributed by atoms with van der Waals surface area (Å²) in [4.78, 5) is 24.8. The van der Waals surface area contributed by atoms with Crippen LogP contribution in [0.3, 0.4) is 0 Å². The first-order valence-corrected chi connectivity index (χ1v) is 6.30. The highest BCUT2D eigenvalue weighted by atomic mass is 19.1. The van der Waals surface area contributed by atoms with E-state index in [0.717, 1.165) is 10.8 Å². The molecule has 0 aliphatic carbocycles. The fraction of sp³-hybridized carbons (Fsp3) is 0.667. The van der Waals surface area contributed by atoms with Crippen LogP contribution in [-0.4, -0.2) is 33.7 Å². The Balaban J connectivity index is 2.01. The molecule has 0 amide bonds. The lowest BCUT2D eigenvalue weighted by Gasteiger charge is -2.23. The summed E-state index contributed by atoms with van der Waals surface area (Å²) in [6, 6.07) is 0. The van der Waals surface area contributed by atoms with Gasteiger partial charge < -0.3 is 14.2 Å². The molecule has 2 aliphatic rings. The highest BCUT2D eigenvalue weighted by Gasteiger charge is 2.54. The predicted molar refractivity (Wildman–Crippen MR) is 64.7 cm³/mol. The Bertz CT molecular complexity index is 652. The molecular weight excluding hydrogens is 274 g/mol. The van der Waals surface area contributed by atoms with E-state index in [-0.39, 0.29) is 12.2 Å². The number of nitrogens with one attached hydrogen (secondary N) is 1. The van der Waals surface area contributed by atoms with Crippen molar-refractivity contribution in [3.05, 3.63) is 32.9 Å². The summed E-state index contributed by atoms with van der Waals surface area (Å²) < 4.78 is 31.4. The summed E-state index contributed by atoms with van der Waals surface area (Å²) in [5.41, 5.74) is -1.81. The Labute approximate surface area is 113 Å². The number of fused-ring (bicyclic) bond motifs is 1. The SMILES string of the molecule is C[C@H]1O[C@@H]([15n]2cc(F)c(=O)[15nH][13c]2=O)[C@H]2OC(C)(C)OC12. The van der Waals surface area contributed by atoms with Gasteiger partial charge >= 0.3 is 5.69 Å². The molecule has 0 bridgehead atoms. The Morgan fingerprint density at radius 3 is 2.65 bits per heavy atom. The van der Waals surface area contributed by atoms with Gasteiger partial charge in [-0.05, 0) is 20.8 Å². The average molecular weight is 289 g/mol. The summed E-state index contributed by atoms with van der Waals surface area (Å²) in [6.07, 6.45) is -1.21. The second kappa shape index (κ2) is 4.24. The van der Waals surface area contributed by atoms with Crippen LogP contribution >= 0.6 is 0 Å². The van der Waals surface area contributed by atoms with Gasteiger partial charge in [-0.1, -0.05) is 0 Å². The number of aromatic nitrogens is 2. The number of ether oxygens (including phenoxy) is 3. The van der Waals surface area contributed by atoms with Crippen molar-refractivity contribution in [2.75, 3.05) is 0 Å². The molecule has 1 aromatic rings. The lowest BCUT2D eigenvalue weighted by Crippen LogP contribution is -2.38. The number of rotatable bonds is 1. The molecule has 110 valence electrons. The lowest BCUT2D eigenvalue weighted by molar-refractivity contribution is -0.195. The second-order valence-electron chi connectivity index (χ2n) is 5.44. The molecule has 7 nitrogen and oxygen atoms in total. The number of hydrogen-bond donors (Lipinski definition) is 1. The van der Waals surface area contributed by atoms with Crippen molar-refractivity contribution in [2.24, 2.45) is 0 Å². The van der Waals surface area contributed by atoms with E-state index >= 15 is 0 Å². The zero-order valence-electron chi connectivity index (χ0n) is 11.3.